The zero-order valence-electron chi connectivity index (χ0n) is 20.5. The van der Waals surface area contributed by atoms with Gasteiger partial charge in [-0.15, -0.1) is 0 Å². The van der Waals surface area contributed by atoms with Crippen molar-refractivity contribution < 1.29 is 23.7 Å². The Balaban J connectivity index is 1.07. The van der Waals surface area contributed by atoms with Gasteiger partial charge in [0.1, 0.15) is 6.61 Å². The highest BCUT2D eigenvalue weighted by atomic mass is 16.7. The van der Waals surface area contributed by atoms with Gasteiger partial charge in [0.25, 0.3) is 0 Å². The molecule has 2 bridgehead atoms. The zero-order valence-corrected chi connectivity index (χ0v) is 20.5. The third-order valence-corrected chi connectivity index (χ3v) is 7.92. The van der Waals surface area contributed by atoms with E-state index in [1.807, 2.05) is 4.90 Å². The summed E-state index contributed by atoms with van der Waals surface area (Å²) in [6.07, 6.45) is 2.36. The van der Waals surface area contributed by atoms with Gasteiger partial charge in [-0.05, 0) is 39.8 Å². The van der Waals surface area contributed by atoms with Crippen molar-refractivity contribution in [3.63, 3.8) is 0 Å². The van der Waals surface area contributed by atoms with Gasteiger partial charge in [-0.3, -0.25) is 4.90 Å². The summed E-state index contributed by atoms with van der Waals surface area (Å²) >= 11 is 0. The Morgan fingerprint density at radius 2 is 1.54 bits per heavy atom. The molecule has 0 aromatic heterocycles. The van der Waals surface area contributed by atoms with Crippen LogP contribution in [-0.2, 0) is 18.9 Å². The minimum absolute atomic E-state index is 0.0458. The first-order chi connectivity index (χ1) is 18.3. The number of benzene rings is 3. The summed E-state index contributed by atoms with van der Waals surface area (Å²) in [5.74, 6) is 0.0506. The number of ether oxygens (including phenoxy) is 4. The zero-order chi connectivity index (χ0) is 24.8. The van der Waals surface area contributed by atoms with E-state index in [2.05, 4.69) is 78.9 Å². The molecule has 0 radical (unpaired) electrons. The Kier molecular flexibility index (Phi) is 5.80. The number of amides is 1. The molecule has 3 aromatic rings. The van der Waals surface area contributed by atoms with Gasteiger partial charge in [-0.1, -0.05) is 78.9 Å². The van der Waals surface area contributed by atoms with Crippen molar-refractivity contribution >= 4 is 11.7 Å². The molecule has 2 saturated heterocycles. The van der Waals surface area contributed by atoms with Crippen LogP contribution in [0.5, 0.6) is 0 Å². The predicted molar refractivity (Wildman–Crippen MR) is 139 cm³/mol. The van der Waals surface area contributed by atoms with E-state index in [-0.39, 0.29) is 30.4 Å². The fraction of sp³-hybridized carbons (Fsp3) is 0.323. The van der Waals surface area contributed by atoms with Crippen molar-refractivity contribution in [1.82, 2.24) is 4.90 Å². The fourth-order valence-electron chi connectivity index (χ4n) is 6.17. The Morgan fingerprint density at radius 1 is 0.865 bits per heavy atom. The third kappa shape index (κ3) is 4.06. The maximum absolute atomic E-state index is 13.4. The molecule has 37 heavy (non-hydrogen) atoms. The molecule has 1 aliphatic carbocycles. The molecule has 4 aliphatic rings. The highest BCUT2D eigenvalue weighted by molar-refractivity contribution is 5.79. The second-order valence-corrected chi connectivity index (χ2v) is 10.1. The van der Waals surface area contributed by atoms with E-state index < -0.39 is 0 Å². The Hall–Kier alpha value is -3.45. The number of fused-ring (bicyclic) bond motifs is 5. The van der Waals surface area contributed by atoms with Gasteiger partial charge >= 0.3 is 6.09 Å². The topological polar surface area (TPSA) is 57.2 Å². The van der Waals surface area contributed by atoms with E-state index in [0.29, 0.717) is 33.0 Å². The molecule has 2 fully saturated rings. The molecule has 3 aliphatic heterocycles. The second kappa shape index (κ2) is 9.45. The van der Waals surface area contributed by atoms with E-state index in [1.54, 1.807) is 0 Å². The first-order valence-electron chi connectivity index (χ1n) is 13.0. The van der Waals surface area contributed by atoms with Gasteiger partial charge in [0.15, 0.2) is 6.29 Å². The van der Waals surface area contributed by atoms with Crippen LogP contribution in [0.25, 0.3) is 16.7 Å². The number of hydrogen-bond acceptors (Lipinski definition) is 5. The normalized spacial score (nSPS) is 22.9. The van der Waals surface area contributed by atoms with E-state index in [9.17, 15) is 4.79 Å². The maximum Gasteiger partial charge on any atom is 0.410 e. The highest BCUT2D eigenvalue weighted by Crippen LogP contribution is 2.44. The van der Waals surface area contributed by atoms with E-state index >= 15 is 0 Å². The molecule has 2 unspecified atom stereocenters. The van der Waals surface area contributed by atoms with Crippen LogP contribution in [0, 0.1) is 0 Å². The molecular formula is C31H29NO5. The third-order valence-electron chi connectivity index (χ3n) is 7.92. The summed E-state index contributed by atoms with van der Waals surface area (Å²) in [5, 5.41) is 0. The number of hydrogen-bond donors (Lipinski definition) is 0. The molecule has 0 spiro atoms. The molecule has 7 rings (SSSR count). The number of morpholine rings is 1. The molecule has 188 valence electrons. The Morgan fingerprint density at radius 3 is 2.22 bits per heavy atom. The monoisotopic (exact) mass is 495 g/mol. The molecule has 0 saturated carbocycles. The van der Waals surface area contributed by atoms with Crippen LogP contribution >= 0.6 is 0 Å². The van der Waals surface area contributed by atoms with Gasteiger partial charge in [0.05, 0.1) is 38.5 Å². The van der Waals surface area contributed by atoms with Crippen LogP contribution < -0.4 is 0 Å². The van der Waals surface area contributed by atoms with Crippen LogP contribution in [0.1, 0.15) is 40.9 Å². The van der Waals surface area contributed by atoms with Crippen LogP contribution in [0.4, 0.5) is 4.79 Å². The molecule has 1 amide bonds. The first-order valence-corrected chi connectivity index (χ1v) is 13.0. The molecule has 6 nitrogen and oxygen atoms in total. The molecule has 3 heterocycles. The number of carbonyl (C=O) groups excluding carboxylic acids is 1. The van der Waals surface area contributed by atoms with Crippen molar-refractivity contribution in [2.75, 3.05) is 33.0 Å². The number of rotatable bonds is 4. The fourth-order valence-corrected chi connectivity index (χ4v) is 6.17. The largest absolute Gasteiger partial charge is 0.448 e. The summed E-state index contributed by atoms with van der Waals surface area (Å²) in [4.78, 5) is 15.3. The average Bonchev–Trinajstić information content (AvgIpc) is 3.58. The number of nitrogens with zero attached hydrogens (tertiary/aromatic N) is 1. The van der Waals surface area contributed by atoms with Crippen LogP contribution in [-0.4, -0.2) is 56.1 Å². The highest BCUT2D eigenvalue weighted by Gasteiger charge is 2.40. The average molecular weight is 496 g/mol. The van der Waals surface area contributed by atoms with E-state index in [0.717, 1.165) is 17.5 Å². The van der Waals surface area contributed by atoms with Crippen LogP contribution in [0.2, 0.25) is 0 Å². The molecule has 6 heteroatoms. The Bertz CT molecular complexity index is 1300. The SMILES string of the molecule is O=C(OCC1c2ccccc2-c2ccccc21)N1C2C=C(c3ccc(C4OCCO4)cc3)CC1COC2. The van der Waals surface area contributed by atoms with Crippen LogP contribution in [0.15, 0.2) is 78.9 Å². The summed E-state index contributed by atoms with van der Waals surface area (Å²) in [6.45, 7) is 2.58. The standard InChI is InChI=1S/C31H29NO5/c33-31(37-19-29-27-7-3-1-5-25(27)26-6-2-4-8-28(26)29)32-23-15-22(16-24(32)18-34-17-23)20-9-11-21(12-10-20)30-35-13-14-36-30/h1-12,15,23-24,29-30H,13-14,16-19H2. The molecule has 0 N–H and O–H groups in total. The Labute approximate surface area is 216 Å². The quantitative estimate of drug-likeness (QED) is 0.476. The summed E-state index contributed by atoms with van der Waals surface area (Å²) < 4.78 is 23.1. The molecule has 2 atom stereocenters. The van der Waals surface area contributed by atoms with Crippen molar-refractivity contribution in [2.24, 2.45) is 0 Å². The lowest BCUT2D eigenvalue weighted by Gasteiger charge is -2.44. The predicted octanol–water partition coefficient (Wildman–Crippen LogP) is 5.54. The van der Waals surface area contributed by atoms with Gasteiger partial charge in [-0.2, -0.15) is 0 Å². The van der Waals surface area contributed by atoms with Crippen molar-refractivity contribution in [1.29, 1.82) is 0 Å². The van der Waals surface area contributed by atoms with Crippen molar-refractivity contribution in [2.45, 2.75) is 30.7 Å². The van der Waals surface area contributed by atoms with Crippen molar-refractivity contribution in [3.8, 4) is 11.1 Å². The molecule has 3 aromatic carbocycles. The van der Waals surface area contributed by atoms with Crippen LogP contribution in [0.3, 0.4) is 0 Å². The maximum atomic E-state index is 13.4. The van der Waals surface area contributed by atoms with Gasteiger partial charge < -0.3 is 18.9 Å². The van der Waals surface area contributed by atoms with Gasteiger partial charge in [0.2, 0.25) is 0 Å². The van der Waals surface area contributed by atoms with Gasteiger partial charge in [0, 0.05) is 11.5 Å². The summed E-state index contributed by atoms with van der Waals surface area (Å²) in [7, 11) is 0. The molecular weight excluding hydrogens is 466 g/mol. The summed E-state index contributed by atoms with van der Waals surface area (Å²) in [5.41, 5.74) is 8.32. The number of carbonyl (C=O) groups is 1. The lowest BCUT2D eigenvalue weighted by atomic mass is 9.89. The lowest BCUT2D eigenvalue weighted by Crippen LogP contribution is -2.56. The van der Waals surface area contributed by atoms with E-state index in [4.69, 9.17) is 18.9 Å². The minimum atomic E-state index is -0.272. The van der Waals surface area contributed by atoms with Gasteiger partial charge in [-0.25, -0.2) is 4.79 Å². The van der Waals surface area contributed by atoms with E-state index in [1.165, 1.54) is 27.8 Å². The summed E-state index contributed by atoms with van der Waals surface area (Å²) in [6, 6.07) is 25.0. The smallest absolute Gasteiger partial charge is 0.410 e. The minimum Gasteiger partial charge on any atom is -0.448 e. The lowest BCUT2D eigenvalue weighted by molar-refractivity contribution is -0.0441. The van der Waals surface area contributed by atoms with Crippen molar-refractivity contribution in [3.05, 3.63) is 101 Å². The second-order valence-electron chi connectivity index (χ2n) is 10.1. The first kappa shape index (κ1) is 22.7.